The molecule has 0 amide bonds. The Kier molecular flexibility index (Phi) is 5.37. The molecule has 6 heteroatoms. The molecule has 108 valence electrons. The van der Waals surface area contributed by atoms with Gasteiger partial charge in [0.05, 0.1) is 6.42 Å². The summed E-state index contributed by atoms with van der Waals surface area (Å²) in [6, 6.07) is -0.733. The van der Waals surface area contributed by atoms with Crippen LogP contribution in [0.15, 0.2) is 0 Å². The van der Waals surface area contributed by atoms with Crippen molar-refractivity contribution in [2.45, 2.75) is 63.6 Å². The molecular weight excluding hydrogens is 253 g/mol. The van der Waals surface area contributed by atoms with Gasteiger partial charge in [-0.3, -0.25) is 0 Å². The second kappa shape index (κ2) is 6.17. The lowest BCUT2D eigenvalue weighted by atomic mass is 9.96. The Bertz CT molecular complexity index is 251. The number of hydrogen-bond acceptors (Lipinski definition) is 1. The molecule has 0 saturated heterocycles. The van der Waals surface area contributed by atoms with Crippen LogP contribution >= 0.6 is 0 Å². The van der Waals surface area contributed by atoms with Crippen LogP contribution in [-0.4, -0.2) is 24.7 Å². The highest BCUT2D eigenvalue weighted by Gasteiger charge is 2.41. The zero-order valence-corrected chi connectivity index (χ0v) is 10.5. The van der Waals surface area contributed by atoms with Crippen molar-refractivity contribution in [2.24, 2.45) is 5.92 Å². The van der Waals surface area contributed by atoms with E-state index in [0.717, 1.165) is 6.42 Å². The molecule has 1 N–H and O–H groups in total. The highest BCUT2D eigenvalue weighted by Crippen LogP contribution is 2.41. The van der Waals surface area contributed by atoms with Crippen molar-refractivity contribution in [1.29, 1.82) is 0 Å². The van der Waals surface area contributed by atoms with Crippen LogP contribution in [0, 0.1) is 5.92 Å². The van der Waals surface area contributed by atoms with Crippen molar-refractivity contribution in [3.8, 4) is 0 Å². The zero-order valence-electron chi connectivity index (χ0n) is 10.5. The van der Waals surface area contributed by atoms with Crippen molar-refractivity contribution < 1.29 is 22.0 Å². The number of hydrogen-bond donors (Lipinski definition) is 1. The van der Waals surface area contributed by atoms with Gasteiger partial charge in [-0.25, -0.2) is 8.78 Å². The normalized spacial score (nSPS) is 25.3. The second-order valence-electron chi connectivity index (χ2n) is 5.17. The summed E-state index contributed by atoms with van der Waals surface area (Å²) in [7, 11) is 0. The zero-order chi connectivity index (χ0) is 13.8. The molecule has 2 unspecified atom stereocenters. The number of rotatable bonds is 6. The van der Waals surface area contributed by atoms with Gasteiger partial charge >= 0.3 is 6.18 Å². The summed E-state index contributed by atoms with van der Waals surface area (Å²) in [6.07, 6.45) is -4.39. The Labute approximate surface area is 104 Å². The Morgan fingerprint density at radius 2 is 2.00 bits per heavy atom. The summed E-state index contributed by atoms with van der Waals surface area (Å²) < 4.78 is 63.1. The minimum Gasteiger partial charge on any atom is -0.314 e. The first-order valence-electron chi connectivity index (χ1n) is 6.40. The minimum absolute atomic E-state index is 0.190. The van der Waals surface area contributed by atoms with Crippen molar-refractivity contribution in [3.63, 3.8) is 0 Å². The van der Waals surface area contributed by atoms with E-state index in [0.29, 0.717) is 13.0 Å². The summed E-state index contributed by atoms with van der Waals surface area (Å²) >= 11 is 0. The van der Waals surface area contributed by atoms with Crippen LogP contribution in [0.1, 0.15) is 45.4 Å². The lowest BCUT2D eigenvalue weighted by Crippen LogP contribution is -2.35. The lowest BCUT2D eigenvalue weighted by molar-refractivity contribution is -0.141. The fraction of sp³-hybridized carbons (Fsp3) is 1.00. The molecular formula is C12H20F5N. The summed E-state index contributed by atoms with van der Waals surface area (Å²) in [5.74, 6) is -2.98. The van der Waals surface area contributed by atoms with Crippen LogP contribution in [-0.2, 0) is 0 Å². The molecule has 0 bridgehead atoms. The van der Waals surface area contributed by atoms with Crippen LogP contribution in [0.5, 0.6) is 0 Å². The fourth-order valence-electron chi connectivity index (χ4n) is 2.51. The van der Waals surface area contributed by atoms with Gasteiger partial charge in [0.25, 0.3) is 0 Å². The molecule has 0 spiro atoms. The van der Waals surface area contributed by atoms with E-state index in [1.165, 1.54) is 0 Å². The predicted molar refractivity (Wildman–Crippen MR) is 59.7 cm³/mol. The first kappa shape index (κ1) is 15.7. The monoisotopic (exact) mass is 273 g/mol. The molecule has 18 heavy (non-hydrogen) atoms. The molecule has 1 aliphatic carbocycles. The first-order chi connectivity index (χ1) is 8.22. The van der Waals surface area contributed by atoms with Crippen LogP contribution in [0.4, 0.5) is 22.0 Å². The summed E-state index contributed by atoms with van der Waals surface area (Å²) in [4.78, 5) is 0. The van der Waals surface area contributed by atoms with Gasteiger partial charge in [-0.2, -0.15) is 13.2 Å². The quantitative estimate of drug-likeness (QED) is 0.717. The third-order valence-corrected chi connectivity index (χ3v) is 3.28. The van der Waals surface area contributed by atoms with E-state index < -0.39 is 24.6 Å². The molecule has 1 rings (SSSR count). The molecule has 1 fully saturated rings. The molecule has 0 aromatic carbocycles. The molecule has 1 nitrogen and oxygen atoms in total. The van der Waals surface area contributed by atoms with Crippen LogP contribution in [0.3, 0.4) is 0 Å². The Morgan fingerprint density at radius 3 is 2.44 bits per heavy atom. The van der Waals surface area contributed by atoms with E-state index in [4.69, 9.17) is 0 Å². The van der Waals surface area contributed by atoms with Crippen LogP contribution in [0.2, 0.25) is 0 Å². The highest BCUT2D eigenvalue weighted by atomic mass is 19.4. The van der Waals surface area contributed by atoms with Gasteiger partial charge in [-0.05, 0) is 31.7 Å². The molecule has 0 aliphatic heterocycles. The molecule has 2 atom stereocenters. The first-order valence-corrected chi connectivity index (χ1v) is 6.40. The van der Waals surface area contributed by atoms with Gasteiger partial charge in [0.2, 0.25) is 5.92 Å². The van der Waals surface area contributed by atoms with Gasteiger partial charge in [0, 0.05) is 18.9 Å². The van der Waals surface area contributed by atoms with Gasteiger partial charge in [-0.1, -0.05) is 6.92 Å². The van der Waals surface area contributed by atoms with E-state index >= 15 is 0 Å². The van der Waals surface area contributed by atoms with E-state index in [9.17, 15) is 22.0 Å². The van der Waals surface area contributed by atoms with Crippen molar-refractivity contribution in [1.82, 2.24) is 5.32 Å². The van der Waals surface area contributed by atoms with Gasteiger partial charge in [0.1, 0.15) is 0 Å². The van der Waals surface area contributed by atoms with Crippen LogP contribution < -0.4 is 5.32 Å². The van der Waals surface area contributed by atoms with E-state index in [1.807, 2.05) is 6.92 Å². The minimum atomic E-state index is -4.24. The third kappa shape index (κ3) is 5.98. The Hall–Kier alpha value is -0.390. The molecule has 0 aromatic heterocycles. The number of halogens is 5. The van der Waals surface area contributed by atoms with Gasteiger partial charge in [-0.15, -0.1) is 0 Å². The average molecular weight is 273 g/mol. The van der Waals surface area contributed by atoms with Crippen molar-refractivity contribution in [3.05, 3.63) is 0 Å². The Morgan fingerprint density at radius 1 is 1.33 bits per heavy atom. The summed E-state index contributed by atoms with van der Waals surface area (Å²) in [5, 5.41) is 2.82. The maximum Gasteiger partial charge on any atom is 0.390 e. The van der Waals surface area contributed by atoms with Gasteiger partial charge < -0.3 is 5.32 Å². The maximum atomic E-state index is 13.0. The van der Waals surface area contributed by atoms with Gasteiger partial charge in [0.15, 0.2) is 0 Å². The molecule has 1 saturated carbocycles. The topological polar surface area (TPSA) is 12.0 Å². The number of alkyl halides is 5. The summed E-state index contributed by atoms with van der Waals surface area (Å²) in [5.41, 5.74) is 0. The Balaban J connectivity index is 2.45. The number of nitrogens with one attached hydrogen (secondary N) is 1. The van der Waals surface area contributed by atoms with Crippen molar-refractivity contribution >= 4 is 0 Å². The second-order valence-corrected chi connectivity index (χ2v) is 5.17. The molecule has 0 heterocycles. The van der Waals surface area contributed by atoms with E-state index in [2.05, 4.69) is 5.32 Å². The van der Waals surface area contributed by atoms with E-state index in [1.54, 1.807) is 0 Å². The summed E-state index contributed by atoms with van der Waals surface area (Å²) in [6.45, 7) is 2.35. The maximum absolute atomic E-state index is 13.0. The predicted octanol–water partition coefficient (Wildman–Crippen LogP) is 4.13. The largest absolute Gasteiger partial charge is 0.390 e. The smallest absolute Gasteiger partial charge is 0.314 e. The SMILES string of the molecule is CCCNC(CC1CCC(F)(F)C1)CC(F)(F)F. The standard InChI is InChI=1S/C12H20F5N/c1-2-5-18-10(8-12(15,16)17)6-9-3-4-11(13,14)7-9/h9-10,18H,2-8H2,1H3. The van der Waals surface area contributed by atoms with Crippen molar-refractivity contribution in [2.75, 3.05) is 6.54 Å². The van der Waals surface area contributed by atoms with Crippen LogP contribution in [0.25, 0.3) is 0 Å². The third-order valence-electron chi connectivity index (χ3n) is 3.28. The fourth-order valence-corrected chi connectivity index (χ4v) is 2.51. The molecule has 0 aromatic rings. The highest BCUT2D eigenvalue weighted by molar-refractivity contribution is 4.85. The molecule has 0 radical (unpaired) electrons. The van der Waals surface area contributed by atoms with E-state index in [-0.39, 0.29) is 25.2 Å². The average Bonchev–Trinajstić information content (AvgIpc) is 2.52. The lowest BCUT2D eigenvalue weighted by Gasteiger charge is -2.23. The molecule has 1 aliphatic rings.